The van der Waals surface area contributed by atoms with Gasteiger partial charge >= 0.3 is 6.03 Å². The molecule has 3 rings (SSSR count). The van der Waals surface area contributed by atoms with E-state index >= 15 is 0 Å². The molecule has 1 unspecified atom stereocenters. The predicted octanol–water partition coefficient (Wildman–Crippen LogP) is 3.80. The lowest BCUT2D eigenvalue weighted by molar-refractivity contribution is 0.0190. The summed E-state index contributed by atoms with van der Waals surface area (Å²) in [6.07, 6.45) is 6.83. The Hall–Kier alpha value is -1.81. The molecule has 1 aliphatic carbocycles. The van der Waals surface area contributed by atoms with E-state index < -0.39 is 22.6 Å². The number of methoxy groups -OCH3 is 1. The number of nitrogens with two attached hydrogens (primary N) is 2. The number of benzene rings is 1. The Morgan fingerprint density at radius 3 is 2.53 bits per heavy atom. The minimum absolute atomic E-state index is 0.442. The molecule has 0 aliphatic heterocycles. The quantitative estimate of drug-likeness (QED) is 0.617. The van der Waals surface area contributed by atoms with Gasteiger partial charge in [-0.2, -0.15) is 0 Å². The van der Waals surface area contributed by atoms with Gasteiger partial charge in [0.15, 0.2) is 0 Å². The van der Waals surface area contributed by atoms with Crippen molar-refractivity contribution in [3.8, 4) is 0 Å². The van der Waals surface area contributed by atoms with Gasteiger partial charge < -0.3 is 15.8 Å². The molecule has 1 aliphatic rings. The highest BCUT2D eigenvalue weighted by Crippen LogP contribution is 2.35. The molecule has 30 heavy (non-hydrogen) atoms. The number of amides is 2. The molecule has 5 N–H and O–H groups in total. The first kappa shape index (κ1) is 24.5. The molecule has 0 spiro atoms. The van der Waals surface area contributed by atoms with Crippen molar-refractivity contribution in [1.82, 2.24) is 4.98 Å². The summed E-state index contributed by atoms with van der Waals surface area (Å²) >= 11 is 1.31. The van der Waals surface area contributed by atoms with Gasteiger partial charge in [0.2, 0.25) is 0 Å². The second-order valence-electron chi connectivity index (χ2n) is 7.57. The average Bonchev–Trinajstić information content (AvgIpc) is 3.37. The number of thiazole rings is 1. The van der Waals surface area contributed by atoms with Gasteiger partial charge in [-0.3, -0.25) is 0 Å². The van der Waals surface area contributed by atoms with Crippen LogP contribution in [0.4, 0.5) is 10.5 Å². The molecule has 1 heterocycles. The third-order valence-electron chi connectivity index (χ3n) is 5.29. The lowest BCUT2D eigenvalue weighted by atomic mass is 9.94. The fourth-order valence-corrected chi connectivity index (χ4v) is 5.02. The van der Waals surface area contributed by atoms with E-state index in [2.05, 4.69) is 30.2 Å². The van der Waals surface area contributed by atoms with Crippen LogP contribution in [0.2, 0.25) is 0 Å². The number of hydrogen-bond acceptors (Lipinski definition) is 5. The molecule has 7 nitrogen and oxygen atoms in total. The van der Waals surface area contributed by atoms with Crippen molar-refractivity contribution in [3.05, 3.63) is 39.5 Å². The van der Waals surface area contributed by atoms with Crippen LogP contribution in [0.1, 0.15) is 61.4 Å². The molecule has 0 bridgehead atoms. The van der Waals surface area contributed by atoms with Gasteiger partial charge in [-0.1, -0.05) is 19.9 Å². The predicted molar refractivity (Wildman–Crippen MR) is 123 cm³/mol. The molecule has 0 radical (unpaired) electrons. The highest BCUT2D eigenvalue weighted by atomic mass is 32.2. The van der Waals surface area contributed by atoms with Crippen molar-refractivity contribution in [2.24, 2.45) is 10.9 Å². The largest absolute Gasteiger partial charge is 0.372 e. The van der Waals surface area contributed by atoms with Crippen molar-refractivity contribution in [2.75, 3.05) is 12.4 Å². The van der Waals surface area contributed by atoms with Crippen LogP contribution >= 0.6 is 11.3 Å². The van der Waals surface area contributed by atoms with Crippen LogP contribution in [0.25, 0.3) is 0 Å². The summed E-state index contributed by atoms with van der Waals surface area (Å²) in [5.74, 6) is 0. The molecule has 0 fully saturated rings. The number of aromatic nitrogens is 1. The number of urea groups is 1. The topological polar surface area (TPSA) is 120 Å². The number of fused-ring (bicyclic) bond motifs is 1. The van der Waals surface area contributed by atoms with E-state index in [0.717, 1.165) is 36.4 Å². The van der Waals surface area contributed by atoms with Gasteiger partial charge in [0.1, 0.15) is 25.8 Å². The molecule has 1 atom stereocenters. The van der Waals surface area contributed by atoms with E-state index in [9.17, 15) is 9.00 Å². The second kappa shape index (κ2) is 10.5. The third kappa shape index (κ3) is 5.66. The van der Waals surface area contributed by atoms with Crippen molar-refractivity contribution < 1.29 is 13.7 Å². The number of ether oxygens (including phenoxy) is 1. The Morgan fingerprint density at radius 2 is 2.03 bits per heavy atom. The molecule has 1 aromatic carbocycles. The zero-order valence-electron chi connectivity index (χ0n) is 18.3. The van der Waals surface area contributed by atoms with E-state index in [1.54, 1.807) is 7.11 Å². The second-order valence-corrected chi connectivity index (χ2v) is 9.90. The molecule has 2 aromatic rings. The highest BCUT2D eigenvalue weighted by molar-refractivity contribution is 7.85. The molecule has 0 saturated carbocycles. The first-order chi connectivity index (χ1) is 14.1. The zero-order chi connectivity index (χ0) is 22.5. The summed E-state index contributed by atoms with van der Waals surface area (Å²) in [4.78, 5) is 15.2. The fourth-order valence-electron chi connectivity index (χ4n) is 3.56. The Kier molecular flexibility index (Phi) is 8.54. The summed E-state index contributed by atoms with van der Waals surface area (Å²) in [5.41, 5.74) is 11.1. The molecular formula is C21H32N4O3S2. The molecule has 2 amide bonds. The number of nitrogens with zero attached hydrogens (tertiary/aromatic N) is 1. The van der Waals surface area contributed by atoms with Crippen molar-refractivity contribution in [1.29, 1.82) is 0 Å². The first-order valence-electron chi connectivity index (χ1n) is 10.0. The van der Waals surface area contributed by atoms with Crippen LogP contribution in [0.5, 0.6) is 0 Å². The average molecular weight is 453 g/mol. The first-order valence-corrected chi connectivity index (χ1v) is 12.1. The summed E-state index contributed by atoms with van der Waals surface area (Å²) in [6.45, 7) is 8.08. The SMILES string of the molecule is CCc1cc2c(c(NC(N)=O)c1CC)CCC2.COC(C)(C)c1ncc(S(N)=O)s1. The standard InChI is InChI=1S/C14H20N2O.C7H12N2O2S2/c1-3-9-8-10-6-5-7-12(10)13(11(9)4-2)16-14(15)17;1-7(2,11-3)6-9-4-5(12-6)13(8)10/h8H,3-7H2,1-2H3,(H3,15,16,17);4H,8H2,1-3H3. The zero-order valence-corrected chi connectivity index (χ0v) is 20.0. The van der Waals surface area contributed by atoms with E-state index in [4.69, 9.17) is 15.6 Å². The number of primary amides is 1. The minimum atomic E-state index is -1.44. The molecular weight excluding hydrogens is 420 g/mol. The number of nitrogens with one attached hydrogen (secondary N) is 1. The molecule has 9 heteroatoms. The van der Waals surface area contributed by atoms with Crippen molar-refractivity contribution in [2.45, 2.75) is 69.6 Å². The molecule has 166 valence electrons. The lowest BCUT2D eigenvalue weighted by Gasteiger charge is -2.19. The lowest BCUT2D eigenvalue weighted by Crippen LogP contribution is -2.21. The maximum absolute atomic E-state index is 11.1. The van der Waals surface area contributed by atoms with Crippen LogP contribution in [0.15, 0.2) is 16.5 Å². The maximum Gasteiger partial charge on any atom is 0.316 e. The Bertz CT molecular complexity index is 925. The smallest absolute Gasteiger partial charge is 0.316 e. The van der Waals surface area contributed by atoms with Gasteiger partial charge in [0, 0.05) is 12.8 Å². The number of carbonyl (C=O) groups excluding carboxylic acids is 1. The third-order valence-corrected chi connectivity index (χ3v) is 7.63. The monoisotopic (exact) mass is 452 g/mol. The van der Waals surface area contributed by atoms with Gasteiger partial charge in [0.25, 0.3) is 0 Å². The molecule has 1 aromatic heterocycles. The normalized spacial score (nSPS) is 13.9. The Morgan fingerprint density at radius 1 is 1.33 bits per heavy atom. The van der Waals surface area contributed by atoms with Crippen LogP contribution in [-0.2, 0) is 47.0 Å². The Labute approximate surface area is 185 Å². The van der Waals surface area contributed by atoms with Gasteiger partial charge in [-0.25, -0.2) is 19.1 Å². The van der Waals surface area contributed by atoms with Crippen LogP contribution in [0, 0.1) is 0 Å². The number of carbonyl (C=O) groups is 1. The van der Waals surface area contributed by atoms with Crippen LogP contribution < -0.4 is 16.2 Å². The number of hydrogen-bond donors (Lipinski definition) is 3. The molecule has 0 saturated heterocycles. The Balaban J connectivity index is 0.000000222. The summed E-state index contributed by atoms with van der Waals surface area (Å²) in [5, 5.41) is 8.83. The minimum Gasteiger partial charge on any atom is -0.372 e. The number of rotatable bonds is 6. The van der Waals surface area contributed by atoms with Crippen molar-refractivity contribution in [3.63, 3.8) is 0 Å². The summed E-state index contributed by atoms with van der Waals surface area (Å²) in [6, 6.07) is 1.86. The van der Waals surface area contributed by atoms with Crippen LogP contribution in [0.3, 0.4) is 0 Å². The van der Waals surface area contributed by atoms with Gasteiger partial charge in [-0.15, -0.1) is 11.3 Å². The van der Waals surface area contributed by atoms with E-state index in [1.165, 1.54) is 46.2 Å². The number of anilines is 1. The van der Waals surface area contributed by atoms with E-state index in [0.29, 0.717) is 4.21 Å². The summed E-state index contributed by atoms with van der Waals surface area (Å²) < 4.78 is 16.7. The highest BCUT2D eigenvalue weighted by Gasteiger charge is 2.24. The number of aryl methyl sites for hydroxylation is 2. The summed E-state index contributed by atoms with van der Waals surface area (Å²) in [7, 11) is 0.167. The maximum atomic E-state index is 11.1. The van der Waals surface area contributed by atoms with E-state index in [-0.39, 0.29) is 0 Å². The van der Waals surface area contributed by atoms with Crippen LogP contribution in [-0.4, -0.2) is 22.3 Å². The fraction of sp³-hybridized carbons (Fsp3) is 0.524. The van der Waals surface area contributed by atoms with Gasteiger partial charge in [-0.05, 0) is 68.2 Å². The van der Waals surface area contributed by atoms with Gasteiger partial charge in [0.05, 0.1) is 6.20 Å². The van der Waals surface area contributed by atoms with Crippen molar-refractivity contribution >= 4 is 34.0 Å². The van der Waals surface area contributed by atoms with E-state index in [1.807, 2.05) is 13.8 Å².